The Kier molecular flexibility index (Phi) is 3.11. The van der Waals surface area contributed by atoms with Crippen LogP contribution in [-0.2, 0) is 0 Å². The molecule has 1 aromatic heterocycles. The first-order chi connectivity index (χ1) is 8.83. The number of nitrogens with one attached hydrogen (secondary N) is 1. The fraction of sp³-hybridized carbons (Fsp3) is 0.429. The average Bonchev–Trinajstić information content (AvgIpc) is 2.82. The molecule has 0 radical (unpaired) electrons. The van der Waals surface area contributed by atoms with Crippen LogP contribution >= 0.6 is 0 Å². The molecule has 94 valence electrons. The van der Waals surface area contributed by atoms with E-state index in [4.69, 9.17) is 0 Å². The summed E-state index contributed by atoms with van der Waals surface area (Å²) in [5, 5.41) is 22.2. The van der Waals surface area contributed by atoms with Gasteiger partial charge in [-0.15, -0.1) is 0 Å². The first kappa shape index (κ1) is 11.4. The standard InChI is InChI=1S/C14H17N3O/c18-11-6-5-10(7-11)8-15-14-9-16-17-13-4-2-1-3-12(13)14/h1-4,9-11,18H,5-8H2,(H,15,17). The van der Waals surface area contributed by atoms with Crippen molar-refractivity contribution in [2.45, 2.75) is 25.4 Å². The molecule has 0 spiro atoms. The molecule has 0 saturated heterocycles. The van der Waals surface area contributed by atoms with E-state index in [1.54, 1.807) is 6.20 Å². The highest BCUT2D eigenvalue weighted by molar-refractivity contribution is 5.90. The van der Waals surface area contributed by atoms with Gasteiger partial charge in [0.15, 0.2) is 0 Å². The van der Waals surface area contributed by atoms with Gasteiger partial charge in [-0.2, -0.15) is 10.2 Å². The van der Waals surface area contributed by atoms with E-state index in [-0.39, 0.29) is 6.10 Å². The Hall–Kier alpha value is -1.68. The quantitative estimate of drug-likeness (QED) is 0.867. The molecular weight excluding hydrogens is 226 g/mol. The minimum absolute atomic E-state index is 0.107. The van der Waals surface area contributed by atoms with Crippen molar-refractivity contribution in [1.82, 2.24) is 10.2 Å². The zero-order valence-corrected chi connectivity index (χ0v) is 10.2. The van der Waals surface area contributed by atoms with Crippen molar-refractivity contribution in [3.05, 3.63) is 30.5 Å². The van der Waals surface area contributed by atoms with E-state index in [2.05, 4.69) is 21.6 Å². The van der Waals surface area contributed by atoms with Crippen LogP contribution in [0.2, 0.25) is 0 Å². The van der Waals surface area contributed by atoms with Crippen LogP contribution in [0.3, 0.4) is 0 Å². The molecule has 4 heteroatoms. The molecular formula is C14H17N3O. The zero-order chi connectivity index (χ0) is 12.4. The molecule has 2 aromatic rings. The molecule has 2 atom stereocenters. The van der Waals surface area contributed by atoms with Crippen molar-refractivity contribution < 1.29 is 5.11 Å². The Balaban J connectivity index is 1.74. The van der Waals surface area contributed by atoms with Crippen molar-refractivity contribution in [2.75, 3.05) is 11.9 Å². The average molecular weight is 243 g/mol. The van der Waals surface area contributed by atoms with E-state index in [0.717, 1.165) is 42.4 Å². The summed E-state index contributed by atoms with van der Waals surface area (Å²) < 4.78 is 0. The lowest BCUT2D eigenvalue weighted by molar-refractivity contribution is 0.178. The van der Waals surface area contributed by atoms with Crippen LogP contribution in [0, 0.1) is 5.92 Å². The van der Waals surface area contributed by atoms with Gasteiger partial charge in [-0.3, -0.25) is 0 Å². The molecule has 3 rings (SSSR count). The Morgan fingerprint density at radius 3 is 3.00 bits per heavy atom. The maximum absolute atomic E-state index is 9.52. The fourth-order valence-electron chi connectivity index (χ4n) is 2.64. The van der Waals surface area contributed by atoms with E-state index in [9.17, 15) is 5.11 Å². The van der Waals surface area contributed by atoms with E-state index in [0.29, 0.717) is 5.92 Å². The zero-order valence-electron chi connectivity index (χ0n) is 10.2. The summed E-state index contributed by atoms with van der Waals surface area (Å²) in [5.74, 6) is 0.562. The number of hydrogen-bond acceptors (Lipinski definition) is 4. The van der Waals surface area contributed by atoms with Gasteiger partial charge in [0.1, 0.15) is 0 Å². The van der Waals surface area contributed by atoms with Crippen molar-refractivity contribution >= 4 is 16.6 Å². The number of aromatic nitrogens is 2. The second-order valence-electron chi connectivity index (χ2n) is 4.99. The molecule has 0 amide bonds. The van der Waals surface area contributed by atoms with E-state index < -0.39 is 0 Å². The highest BCUT2D eigenvalue weighted by Crippen LogP contribution is 2.27. The topological polar surface area (TPSA) is 58.0 Å². The molecule has 2 unspecified atom stereocenters. The summed E-state index contributed by atoms with van der Waals surface area (Å²) in [6.07, 6.45) is 4.60. The largest absolute Gasteiger partial charge is 0.393 e. The first-order valence-corrected chi connectivity index (χ1v) is 6.45. The van der Waals surface area contributed by atoms with Crippen LogP contribution < -0.4 is 5.32 Å². The minimum atomic E-state index is -0.107. The highest BCUT2D eigenvalue weighted by Gasteiger charge is 2.22. The Bertz CT molecular complexity index is 538. The molecule has 1 heterocycles. The van der Waals surface area contributed by atoms with Gasteiger partial charge < -0.3 is 10.4 Å². The molecule has 4 nitrogen and oxygen atoms in total. The van der Waals surface area contributed by atoms with E-state index in [1.165, 1.54) is 0 Å². The number of nitrogens with zero attached hydrogens (tertiary/aromatic N) is 2. The van der Waals surface area contributed by atoms with Crippen LogP contribution in [-0.4, -0.2) is 28.0 Å². The molecule has 1 aliphatic carbocycles. The number of anilines is 1. The normalized spacial score (nSPS) is 23.4. The number of benzene rings is 1. The SMILES string of the molecule is OC1CCC(CNc2cnnc3ccccc23)C1. The lowest BCUT2D eigenvalue weighted by Gasteiger charge is -2.13. The summed E-state index contributed by atoms with van der Waals surface area (Å²) in [7, 11) is 0. The number of fused-ring (bicyclic) bond motifs is 1. The maximum Gasteiger partial charge on any atom is 0.0950 e. The van der Waals surface area contributed by atoms with Gasteiger partial charge in [-0.05, 0) is 31.2 Å². The smallest absolute Gasteiger partial charge is 0.0950 e. The van der Waals surface area contributed by atoms with Gasteiger partial charge >= 0.3 is 0 Å². The Morgan fingerprint density at radius 1 is 1.28 bits per heavy atom. The van der Waals surface area contributed by atoms with Crippen molar-refractivity contribution in [3.8, 4) is 0 Å². The number of rotatable bonds is 3. The van der Waals surface area contributed by atoms with Crippen LogP contribution in [0.25, 0.3) is 10.9 Å². The molecule has 1 aliphatic rings. The van der Waals surface area contributed by atoms with Crippen LogP contribution in [0.5, 0.6) is 0 Å². The van der Waals surface area contributed by atoms with Gasteiger partial charge in [-0.1, -0.05) is 18.2 Å². The Morgan fingerprint density at radius 2 is 2.17 bits per heavy atom. The molecule has 18 heavy (non-hydrogen) atoms. The molecule has 0 bridgehead atoms. The van der Waals surface area contributed by atoms with E-state index >= 15 is 0 Å². The number of aliphatic hydroxyl groups excluding tert-OH is 1. The van der Waals surface area contributed by atoms with Gasteiger partial charge in [0.25, 0.3) is 0 Å². The molecule has 1 saturated carbocycles. The second kappa shape index (κ2) is 4.90. The first-order valence-electron chi connectivity index (χ1n) is 6.45. The summed E-state index contributed by atoms with van der Waals surface area (Å²) in [4.78, 5) is 0. The lowest BCUT2D eigenvalue weighted by atomic mass is 10.1. The predicted molar refractivity (Wildman–Crippen MR) is 71.4 cm³/mol. The molecule has 0 aliphatic heterocycles. The lowest BCUT2D eigenvalue weighted by Crippen LogP contribution is -2.13. The molecule has 1 fully saturated rings. The fourth-order valence-corrected chi connectivity index (χ4v) is 2.64. The Labute approximate surface area is 106 Å². The van der Waals surface area contributed by atoms with E-state index in [1.807, 2.05) is 18.2 Å². The van der Waals surface area contributed by atoms with Gasteiger partial charge in [0, 0.05) is 11.9 Å². The van der Waals surface area contributed by atoms with Crippen LogP contribution in [0.4, 0.5) is 5.69 Å². The molecule has 1 aromatic carbocycles. The third-order valence-corrected chi connectivity index (χ3v) is 3.64. The maximum atomic E-state index is 9.52. The van der Waals surface area contributed by atoms with Crippen molar-refractivity contribution in [3.63, 3.8) is 0 Å². The monoisotopic (exact) mass is 243 g/mol. The summed E-state index contributed by atoms with van der Waals surface area (Å²) in [6.45, 7) is 0.896. The van der Waals surface area contributed by atoms with Gasteiger partial charge in [-0.25, -0.2) is 0 Å². The van der Waals surface area contributed by atoms with Crippen molar-refractivity contribution in [1.29, 1.82) is 0 Å². The highest BCUT2D eigenvalue weighted by atomic mass is 16.3. The number of hydrogen-bond donors (Lipinski definition) is 2. The number of aliphatic hydroxyl groups is 1. The van der Waals surface area contributed by atoms with Gasteiger partial charge in [0.2, 0.25) is 0 Å². The summed E-state index contributed by atoms with van der Waals surface area (Å²) in [6, 6.07) is 7.99. The molecule has 2 N–H and O–H groups in total. The van der Waals surface area contributed by atoms with Crippen molar-refractivity contribution in [2.24, 2.45) is 5.92 Å². The summed E-state index contributed by atoms with van der Waals surface area (Å²) >= 11 is 0. The van der Waals surface area contributed by atoms with Crippen LogP contribution in [0.15, 0.2) is 30.5 Å². The second-order valence-corrected chi connectivity index (χ2v) is 4.99. The predicted octanol–water partition coefficient (Wildman–Crippen LogP) is 2.20. The van der Waals surface area contributed by atoms with Gasteiger partial charge in [0.05, 0.1) is 23.5 Å². The third kappa shape index (κ3) is 2.29. The summed E-state index contributed by atoms with van der Waals surface area (Å²) in [5.41, 5.74) is 1.94. The third-order valence-electron chi connectivity index (χ3n) is 3.64. The minimum Gasteiger partial charge on any atom is -0.393 e. The van der Waals surface area contributed by atoms with Crippen LogP contribution in [0.1, 0.15) is 19.3 Å².